The zero-order chi connectivity index (χ0) is 13.7. The number of pyridine rings is 1. The van der Waals surface area contributed by atoms with Crippen LogP contribution in [0.5, 0.6) is 0 Å². The average molecular weight is 259 g/mol. The van der Waals surface area contributed by atoms with E-state index in [2.05, 4.69) is 36.7 Å². The highest BCUT2D eigenvalue weighted by atomic mass is 15.2. The quantitative estimate of drug-likeness (QED) is 0.776. The molecule has 0 amide bonds. The molecule has 2 N–H and O–H groups in total. The third kappa shape index (κ3) is 2.00. The summed E-state index contributed by atoms with van der Waals surface area (Å²) in [6.07, 6.45) is 5.22. The molecule has 0 aromatic carbocycles. The van der Waals surface area contributed by atoms with Crippen molar-refractivity contribution in [1.29, 1.82) is 0 Å². The van der Waals surface area contributed by atoms with Gasteiger partial charge in [0.05, 0.1) is 5.69 Å². The van der Waals surface area contributed by atoms with E-state index < -0.39 is 0 Å². The molecule has 3 nitrogen and oxygen atoms in total. The number of nitrogens with two attached hydrogens (primary N) is 1. The molecule has 104 valence electrons. The van der Waals surface area contributed by atoms with Crippen molar-refractivity contribution in [2.24, 2.45) is 5.73 Å². The standard InChI is InChI=1S/C16H25N3/c1-15(2,3)19-9-6-16(7-10-19)13(17)11-12-5-4-8-18-14(12)16/h4-5,8,13H,6-7,9-11,17H2,1-3H3/t13-/m1/s1. The number of rotatable bonds is 0. The molecule has 1 spiro atoms. The van der Waals surface area contributed by atoms with Gasteiger partial charge in [0.2, 0.25) is 0 Å². The summed E-state index contributed by atoms with van der Waals surface area (Å²) in [6, 6.07) is 4.49. The predicted molar refractivity (Wildman–Crippen MR) is 78.2 cm³/mol. The highest BCUT2D eigenvalue weighted by molar-refractivity contribution is 5.38. The topological polar surface area (TPSA) is 42.2 Å². The molecule has 3 rings (SSSR count). The number of hydrogen-bond acceptors (Lipinski definition) is 3. The van der Waals surface area contributed by atoms with Crippen LogP contribution in [0.3, 0.4) is 0 Å². The normalized spacial score (nSPS) is 26.6. The number of piperidine rings is 1. The highest BCUT2D eigenvalue weighted by Gasteiger charge is 2.48. The molecule has 2 heterocycles. The van der Waals surface area contributed by atoms with Crippen molar-refractivity contribution in [3.63, 3.8) is 0 Å². The van der Waals surface area contributed by atoms with Crippen LogP contribution in [0, 0.1) is 0 Å². The Labute approximate surface area is 116 Å². The Kier molecular flexibility index (Phi) is 2.95. The van der Waals surface area contributed by atoms with E-state index in [4.69, 9.17) is 5.73 Å². The first-order valence-electron chi connectivity index (χ1n) is 7.38. The van der Waals surface area contributed by atoms with Gasteiger partial charge in [-0.2, -0.15) is 0 Å². The van der Waals surface area contributed by atoms with E-state index in [1.807, 2.05) is 12.3 Å². The fourth-order valence-corrected chi connectivity index (χ4v) is 3.84. The molecule has 0 unspecified atom stereocenters. The molecular formula is C16H25N3. The molecule has 1 fully saturated rings. The second kappa shape index (κ2) is 4.29. The predicted octanol–water partition coefficient (Wildman–Crippen LogP) is 2.10. The average Bonchev–Trinajstić information content (AvgIpc) is 2.63. The summed E-state index contributed by atoms with van der Waals surface area (Å²) in [4.78, 5) is 7.25. The molecule has 1 atom stereocenters. The van der Waals surface area contributed by atoms with Crippen LogP contribution in [0.15, 0.2) is 18.3 Å². The minimum absolute atomic E-state index is 0.137. The minimum Gasteiger partial charge on any atom is -0.327 e. The molecule has 0 radical (unpaired) electrons. The van der Waals surface area contributed by atoms with Crippen LogP contribution in [0.4, 0.5) is 0 Å². The second-order valence-corrected chi connectivity index (χ2v) is 7.14. The van der Waals surface area contributed by atoms with Crippen molar-refractivity contribution in [2.45, 2.75) is 57.0 Å². The van der Waals surface area contributed by atoms with Crippen molar-refractivity contribution >= 4 is 0 Å². The van der Waals surface area contributed by atoms with Gasteiger partial charge in [-0.25, -0.2) is 0 Å². The van der Waals surface area contributed by atoms with Crippen LogP contribution in [-0.2, 0) is 11.8 Å². The van der Waals surface area contributed by atoms with Gasteiger partial charge < -0.3 is 5.73 Å². The lowest BCUT2D eigenvalue weighted by atomic mass is 9.72. The molecule has 1 aromatic heterocycles. The lowest BCUT2D eigenvalue weighted by Gasteiger charge is -2.46. The Hall–Kier alpha value is -0.930. The Morgan fingerprint density at radius 1 is 1.32 bits per heavy atom. The van der Waals surface area contributed by atoms with Crippen LogP contribution in [0.1, 0.15) is 44.9 Å². The summed E-state index contributed by atoms with van der Waals surface area (Å²) < 4.78 is 0. The molecule has 1 aliphatic heterocycles. The van der Waals surface area contributed by atoms with E-state index in [1.165, 1.54) is 11.3 Å². The van der Waals surface area contributed by atoms with Crippen LogP contribution in [-0.4, -0.2) is 34.6 Å². The maximum Gasteiger partial charge on any atom is 0.0514 e. The van der Waals surface area contributed by atoms with Crippen molar-refractivity contribution in [3.05, 3.63) is 29.6 Å². The number of fused-ring (bicyclic) bond motifs is 2. The van der Waals surface area contributed by atoms with Crippen LogP contribution in [0.25, 0.3) is 0 Å². The first-order valence-corrected chi connectivity index (χ1v) is 7.38. The largest absolute Gasteiger partial charge is 0.327 e. The molecule has 2 aliphatic rings. The number of nitrogens with zero attached hydrogens (tertiary/aromatic N) is 2. The number of hydrogen-bond donors (Lipinski definition) is 1. The van der Waals surface area contributed by atoms with Crippen LogP contribution in [0.2, 0.25) is 0 Å². The van der Waals surface area contributed by atoms with Gasteiger partial charge in [-0.15, -0.1) is 0 Å². The molecule has 1 aliphatic carbocycles. The molecule has 0 bridgehead atoms. The fourth-order valence-electron chi connectivity index (χ4n) is 3.84. The molecular weight excluding hydrogens is 234 g/mol. The molecule has 1 saturated heterocycles. The fraction of sp³-hybridized carbons (Fsp3) is 0.688. The third-order valence-corrected chi connectivity index (χ3v) is 5.12. The first-order chi connectivity index (χ1) is 8.93. The lowest BCUT2D eigenvalue weighted by molar-refractivity contribution is 0.0676. The maximum atomic E-state index is 6.49. The summed E-state index contributed by atoms with van der Waals surface area (Å²) in [5.74, 6) is 0. The second-order valence-electron chi connectivity index (χ2n) is 7.14. The monoisotopic (exact) mass is 259 g/mol. The first kappa shape index (κ1) is 13.1. The van der Waals surface area contributed by atoms with E-state index in [9.17, 15) is 0 Å². The molecule has 0 saturated carbocycles. The van der Waals surface area contributed by atoms with Gasteiger partial charge >= 0.3 is 0 Å². The van der Waals surface area contributed by atoms with Gasteiger partial charge in [-0.3, -0.25) is 9.88 Å². The van der Waals surface area contributed by atoms with Crippen molar-refractivity contribution in [1.82, 2.24) is 9.88 Å². The van der Waals surface area contributed by atoms with E-state index in [-0.39, 0.29) is 17.0 Å². The van der Waals surface area contributed by atoms with Gasteiger partial charge in [0.15, 0.2) is 0 Å². The number of likely N-dealkylation sites (tertiary alicyclic amines) is 1. The summed E-state index contributed by atoms with van der Waals surface area (Å²) in [5.41, 5.74) is 9.55. The maximum absolute atomic E-state index is 6.49. The lowest BCUT2D eigenvalue weighted by Crippen LogP contribution is -2.54. The molecule has 1 aromatic rings. The van der Waals surface area contributed by atoms with Gasteiger partial charge in [0.1, 0.15) is 0 Å². The van der Waals surface area contributed by atoms with Gasteiger partial charge in [0.25, 0.3) is 0 Å². The summed E-state index contributed by atoms with van der Waals surface area (Å²) >= 11 is 0. The molecule has 3 heteroatoms. The van der Waals surface area contributed by atoms with Crippen molar-refractivity contribution in [3.8, 4) is 0 Å². The van der Waals surface area contributed by atoms with Crippen LogP contribution >= 0.6 is 0 Å². The number of aromatic nitrogens is 1. The Bertz CT molecular complexity index is 467. The smallest absolute Gasteiger partial charge is 0.0514 e. The Balaban J connectivity index is 1.87. The van der Waals surface area contributed by atoms with E-state index in [0.29, 0.717) is 0 Å². The van der Waals surface area contributed by atoms with Gasteiger partial charge in [-0.05, 0) is 64.8 Å². The summed E-state index contributed by atoms with van der Waals surface area (Å²) in [6.45, 7) is 9.16. The van der Waals surface area contributed by atoms with Crippen molar-refractivity contribution in [2.75, 3.05) is 13.1 Å². The van der Waals surface area contributed by atoms with Gasteiger partial charge in [0, 0.05) is 23.2 Å². The van der Waals surface area contributed by atoms with E-state index in [1.54, 1.807) is 0 Å². The van der Waals surface area contributed by atoms with Crippen LogP contribution < -0.4 is 5.73 Å². The van der Waals surface area contributed by atoms with E-state index in [0.717, 1.165) is 32.4 Å². The molecule has 19 heavy (non-hydrogen) atoms. The Morgan fingerprint density at radius 2 is 2.00 bits per heavy atom. The highest BCUT2D eigenvalue weighted by Crippen LogP contribution is 2.45. The zero-order valence-corrected chi connectivity index (χ0v) is 12.3. The SMILES string of the molecule is CC(C)(C)N1CCC2(CC1)c1ncccc1C[C@H]2N. The summed E-state index contributed by atoms with van der Waals surface area (Å²) in [7, 11) is 0. The third-order valence-electron chi connectivity index (χ3n) is 5.12. The Morgan fingerprint density at radius 3 is 2.63 bits per heavy atom. The van der Waals surface area contributed by atoms with E-state index >= 15 is 0 Å². The minimum atomic E-state index is 0.137. The summed E-state index contributed by atoms with van der Waals surface area (Å²) in [5, 5.41) is 0. The van der Waals surface area contributed by atoms with Gasteiger partial charge in [-0.1, -0.05) is 6.07 Å². The van der Waals surface area contributed by atoms with Crippen molar-refractivity contribution < 1.29 is 0 Å². The zero-order valence-electron chi connectivity index (χ0n) is 12.3.